The highest BCUT2D eigenvalue weighted by atomic mass is 15.0. The van der Waals surface area contributed by atoms with Crippen molar-refractivity contribution in [3.8, 4) is 5.69 Å². The Morgan fingerprint density at radius 2 is 1.79 bits per heavy atom. The van der Waals surface area contributed by atoms with Gasteiger partial charge in [-0.25, -0.2) is 0 Å². The molecule has 0 bridgehead atoms. The molecule has 1 atom stereocenters. The van der Waals surface area contributed by atoms with Crippen molar-refractivity contribution in [1.29, 1.82) is 0 Å². The van der Waals surface area contributed by atoms with Crippen LogP contribution in [-0.4, -0.2) is 15.6 Å². The summed E-state index contributed by atoms with van der Waals surface area (Å²) in [5.41, 5.74) is 9.52. The number of rotatable bonds is 1. The van der Waals surface area contributed by atoms with Gasteiger partial charge in [-0.2, -0.15) is 0 Å². The molecule has 24 heavy (non-hydrogen) atoms. The number of nitrogens with two attached hydrogens (primary N) is 1. The van der Waals surface area contributed by atoms with Gasteiger partial charge in [0.15, 0.2) is 0 Å². The fourth-order valence-corrected chi connectivity index (χ4v) is 3.72. The van der Waals surface area contributed by atoms with Crippen LogP contribution in [0.25, 0.3) is 39.6 Å². The summed E-state index contributed by atoms with van der Waals surface area (Å²) >= 11 is 0. The van der Waals surface area contributed by atoms with E-state index in [4.69, 9.17) is 5.73 Å². The van der Waals surface area contributed by atoms with E-state index in [1.54, 1.807) is 0 Å². The number of nitrogens with zero attached hydrogens (tertiary/aromatic N) is 2. The Labute approximate surface area is 139 Å². The first-order valence-corrected chi connectivity index (χ1v) is 8.24. The quantitative estimate of drug-likeness (QED) is 0.587. The second-order valence-electron chi connectivity index (χ2n) is 6.28. The molecule has 0 saturated heterocycles. The molecule has 2 N–H and O–H groups in total. The van der Waals surface area contributed by atoms with E-state index in [-0.39, 0.29) is 6.04 Å². The van der Waals surface area contributed by atoms with Crippen LogP contribution in [0.15, 0.2) is 60.8 Å². The Morgan fingerprint density at radius 3 is 2.67 bits per heavy atom. The summed E-state index contributed by atoms with van der Waals surface area (Å²) in [7, 11) is 0. The van der Waals surface area contributed by atoms with Crippen LogP contribution in [0, 0.1) is 0 Å². The summed E-state index contributed by atoms with van der Waals surface area (Å²) in [5.74, 6) is 0. The highest BCUT2D eigenvalue weighted by Gasteiger charge is 2.15. The fraction of sp³-hybridized carbons (Fsp3) is 0.0952. The number of benzene rings is 2. The molecule has 1 aliphatic rings. The average Bonchev–Trinajstić information content (AvgIpc) is 2.96. The summed E-state index contributed by atoms with van der Waals surface area (Å²) in [6.45, 7) is 0. The van der Waals surface area contributed by atoms with E-state index in [9.17, 15) is 0 Å². The normalized spacial score (nSPS) is 16.6. The monoisotopic (exact) mass is 311 g/mol. The molecule has 1 unspecified atom stereocenters. The van der Waals surface area contributed by atoms with Gasteiger partial charge in [0.05, 0.1) is 17.2 Å². The zero-order valence-corrected chi connectivity index (χ0v) is 13.2. The van der Waals surface area contributed by atoms with E-state index in [0.29, 0.717) is 0 Å². The van der Waals surface area contributed by atoms with E-state index in [0.717, 1.165) is 23.1 Å². The Bertz CT molecular complexity index is 1190. The van der Waals surface area contributed by atoms with Crippen molar-refractivity contribution in [2.24, 2.45) is 5.73 Å². The first-order valence-electron chi connectivity index (χ1n) is 8.24. The summed E-state index contributed by atoms with van der Waals surface area (Å²) < 4.78 is 2.30. The van der Waals surface area contributed by atoms with Gasteiger partial charge in [-0.05, 0) is 24.6 Å². The molecule has 2 heterocycles. The van der Waals surface area contributed by atoms with E-state index in [1.165, 1.54) is 21.3 Å². The van der Waals surface area contributed by atoms with Crippen molar-refractivity contribution in [1.82, 2.24) is 9.55 Å². The third kappa shape index (κ3) is 1.85. The molecule has 3 nitrogen and oxygen atoms in total. The number of hydrogen-bond donors (Lipinski definition) is 1. The van der Waals surface area contributed by atoms with Gasteiger partial charge in [0.1, 0.15) is 0 Å². The molecular formula is C21H17N3. The van der Waals surface area contributed by atoms with Gasteiger partial charge in [0.25, 0.3) is 0 Å². The van der Waals surface area contributed by atoms with Crippen LogP contribution >= 0.6 is 0 Å². The summed E-state index contributed by atoms with van der Waals surface area (Å²) in [6, 6.07) is 18.8. The smallest absolute Gasteiger partial charge is 0.0730 e. The van der Waals surface area contributed by atoms with Gasteiger partial charge in [-0.15, -0.1) is 0 Å². The van der Waals surface area contributed by atoms with Gasteiger partial charge in [0.2, 0.25) is 0 Å². The van der Waals surface area contributed by atoms with Crippen LogP contribution in [0.5, 0.6) is 0 Å². The largest absolute Gasteiger partial charge is 0.324 e. The summed E-state index contributed by atoms with van der Waals surface area (Å²) in [6.07, 6.45) is 7.29. The molecule has 0 fully saturated rings. The zero-order chi connectivity index (χ0) is 16.1. The van der Waals surface area contributed by atoms with Gasteiger partial charge in [-0.1, -0.05) is 48.6 Å². The maximum atomic E-state index is 6.22. The molecule has 4 aromatic rings. The van der Waals surface area contributed by atoms with Crippen molar-refractivity contribution in [2.45, 2.75) is 12.5 Å². The van der Waals surface area contributed by atoms with Crippen molar-refractivity contribution in [3.63, 3.8) is 0 Å². The molecule has 2 aromatic heterocycles. The van der Waals surface area contributed by atoms with E-state index in [1.807, 2.05) is 18.3 Å². The Kier molecular flexibility index (Phi) is 2.84. The lowest BCUT2D eigenvalue weighted by Gasteiger charge is -2.09. The van der Waals surface area contributed by atoms with E-state index < -0.39 is 0 Å². The second kappa shape index (κ2) is 5.05. The number of pyridine rings is 1. The molecule has 2 aromatic carbocycles. The average molecular weight is 311 g/mol. The van der Waals surface area contributed by atoms with Crippen LogP contribution in [-0.2, 0) is 0 Å². The van der Waals surface area contributed by atoms with Crippen LogP contribution in [0.4, 0.5) is 0 Å². The number of hydrogen-bond acceptors (Lipinski definition) is 2. The Morgan fingerprint density at radius 1 is 1.00 bits per heavy atom. The Hall–Kier alpha value is -2.91. The van der Waals surface area contributed by atoms with E-state index >= 15 is 0 Å². The highest BCUT2D eigenvalue weighted by molar-refractivity contribution is 6.05. The SMILES string of the molecule is NC1C=c2c(n(-c3ccccc3)c3cnc4ccccc4c23)=CC1. The van der Waals surface area contributed by atoms with Crippen LogP contribution in [0.1, 0.15) is 6.42 Å². The lowest BCUT2D eigenvalue weighted by atomic mass is 10.0. The minimum Gasteiger partial charge on any atom is -0.324 e. The minimum absolute atomic E-state index is 0.0688. The van der Waals surface area contributed by atoms with Gasteiger partial charge in [0, 0.05) is 33.1 Å². The first kappa shape index (κ1) is 13.5. The summed E-state index contributed by atoms with van der Waals surface area (Å²) in [4.78, 5) is 4.68. The van der Waals surface area contributed by atoms with Crippen LogP contribution in [0.2, 0.25) is 0 Å². The topological polar surface area (TPSA) is 43.8 Å². The maximum Gasteiger partial charge on any atom is 0.0730 e. The lowest BCUT2D eigenvalue weighted by molar-refractivity contribution is 0.878. The standard InChI is InChI=1S/C21H17N3/c22-14-10-11-19-17(12-14)21-16-8-4-5-9-18(16)23-13-20(21)24(19)15-6-2-1-3-7-15/h1-9,11-14H,10,22H2. The molecule has 0 aliphatic heterocycles. The van der Waals surface area contributed by atoms with Gasteiger partial charge < -0.3 is 10.3 Å². The second-order valence-corrected chi connectivity index (χ2v) is 6.28. The van der Waals surface area contributed by atoms with Crippen molar-refractivity contribution >= 4 is 34.0 Å². The highest BCUT2D eigenvalue weighted by Crippen LogP contribution is 2.23. The third-order valence-electron chi connectivity index (χ3n) is 4.76. The molecule has 3 heteroatoms. The number of para-hydroxylation sites is 2. The van der Waals surface area contributed by atoms with Crippen molar-refractivity contribution in [3.05, 3.63) is 71.4 Å². The first-order chi connectivity index (χ1) is 11.8. The van der Waals surface area contributed by atoms with Crippen LogP contribution in [0.3, 0.4) is 0 Å². The molecule has 5 rings (SSSR count). The van der Waals surface area contributed by atoms with Crippen molar-refractivity contribution < 1.29 is 0 Å². The molecule has 0 spiro atoms. The summed E-state index contributed by atoms with van der Waals surface area (Å²) in [5, 5.41) is 4.87. The lowest BCUT2D eigenvalue weighted by Crippen LogP contribution is -2.36. The maximum absolute atomic E-state index is 6.22. The Balaban J connectivity index is 2.06. The molecule has 0 radical (unpaired) electrons. The fourth-order valence-electron chi connectivity index (χ4n) is 3.72. The minimum atomic E-state index is 0.0688. The van der Waals surface area contributed by atoms with Gasteiger partial charge in [-0.3, -0.25) is 4.98 Å². The third-order valence-corrected chi connectivity index (χ3v) is 4.76. The van der Waals surface area contributed by atoms with Crippen LogP contribution < -0.4 is 16.3 Å². The molecule has 0 amide bonds. The predicted octanol–water partition coefficient (Wildman–Crippen LogP) is 2.47. The number of fused-ring (bicyclic) bond motifs is 5. The molecular weight excluding hydrogens is 294 g/mol. The molecule has 1 aliphatic carbocycles. The number of aromatic nitrogens is 2. The van der Waals surface area contributed by atoms with Crippen molar-refractivity contribution in [2.75, 3.05) is 0 Å². The molecule has 116 valence electrons. The zero-order valence-electron chi connectivity index (χ0n) is 13.2. The predicted molar refractivity (Wildman–Crippen MR) is 99.3 cm³/mol. The van der Waals surface area contributed by atoms with E-state index in [2.05, 4.69) is 64.2 Å². The molecule has 0 saturated carbocycles. The van der Waals surface area contributed by atoms with Gasteiger partial charge >= 0.3 is 0 Å².